The number of nitrogens with zero attached hydrogens (tertiary/aromatic N) is 5. The molecular weight excluding hydrogens is 452 g/mol. The molecule has 3 unspecified atom stereocenters. The van der Waals surface area contributed by atoms with Crippen LogP contribution in [0, 0.1) is 17.3 Å². The van der Waals surface area contributed by atoms with Crippen molar-refractivity contribution in [3.05, 3.63) is 52.5 Å². The van der Waals surface area contributed by atoms with Crippen LogP contribution in [0.5, 0.6) is 0 Å². The molecule has 160 valence electrons. The van der Waals surface area contributed by atoms with Crippen LogP contribution in [-0.4, -0.2) is 43.6 Å². The van der Waals surface area contributed by atoms with Gasteiger partial charge in [-0.05, 0) is 83.5 Å². The van der Waals surface area contributed by atoms with Crippen molar-refractivity contribution in [1.82, 2.24) is 24.5 Å². The molecule has 0 radical (unpaired) electrons. The molecular formula is C24H27BrN6. The van der Waals surface area contributed by atoms with Crippen LogP contribution in [-0.2, 0) is 6.54 Å². The van der Waals surface area contributed by atoms with Gasteiger partial charge in [0.05, 0.1) is 16.4 Å². The van der Waals surface area contributed by atoms with E-state index in [1.165, 1.54) is 44.3 Å². The molecule has 1 N–H and O–H groups in total. The molecule has 0 aromatic carbocycles. The van der Waals surface area contributed by atoms with Gasteiger partial charge in [0.15, 0.2) is 5.65 Å². The Morgan fingerprint density at radius 3 is 3.03 bits per heavy atom. The fraction of sp³-hybridized carbons (Fsp3) is 0.542. The lowest BCUT2D eigenvalue weighted by atomic mass is 9.92. The first-order chi connectivity index (χ1) is 15.2. The Labute approximate surface area is 190 Å². The number of hydrogen-bond acceptors (Lipinski definition) is 5. The molecule has 3 aliphatic carbocycles. The molecule has 7 rings (SSSR count). The Morgan fingerprint density at radius 1 is 1.26 bits per heavy atom. The Hall–Kier alpha value is -1.99. The lowest BCUT2D eigenvalue weighted by Gasteiger charge is -2.38. The number of anilines is 1. The molecule has 31 heavy (non-hydrogen) atoms. The van der Waals surface area contributed by atoms with Crippen LogP contribution in [0.4, 0.5) is 5.82 Å². The second kappa shape index (κ2) is 6.75. The average molecular weight is 479 g/mol. The summed E-state index contributed by atoms with van der Waals surface area (Å²) in [5.74, 6) is 3.55. The van der Waals surface area contributed by atoms with E-state index in [9.17, 15) is 0 Å². The van der Waals surface area contributed by atoms with Gasteiger partial charge in [-0.2, -0.15) is 9.61 Å². The van der Waals surface area contributed by atoms with Crippen LogP contribution in [0.15, 0.2) is 41.3 Å². The molecule has 4 fully saturated rings. The van der Waals surface area contributed by atoms with Crippen molar-refractivity contribution >= 4 is 27.4 Å². The number of halogens is 1. The predicted molar refractivity (Wildman–Crippen MR) is 123 cm³/mol. The zero-order chi connectivity index (χ0) is 20.6. The van der Waals surface area contributed by atoms with Crippen LogP contribution < -0.4 is 5.32 Å². The summed E-state index contributed by atoms with van der Waals surface area (Å²) in [5, 5.41) is 8.11. The third-order valence-corrected chi connectivity index (χ3v) is 8.99. The molecule has 1 spiro atoms. The van der Waals surface area contributed by atoms with Crippen molar-refractivity contribution in [3.63, 3.8) is 0 Å². The summed E-state index contributed by atoms with van der Waals surface area (Å²) in [7, 11) is 0. The molecule has 3 aromatic rings. The standard InChI is InChI=1S/C24H27BrN6/c25-19-13-28-31-22(27-12-15-3-1-5-26-11-15)8-20(29-23(19)31)16-4-2-6-30(14-16)21-7-17-9-24(17)10-18(21)24/h1,3,5,8,11,13,16-18,21,27H,2,4,6-7,9-10,12,14H2/t16?,17-,18-,21?,24?/m1/s1. The maximum atomic E-state index is 5.06. The Balaban J connectivity index is 1.16. The van der Waals surface area contributed by atoms with Crippen molar-refractivity contribution in [2.75, 3.05) is 18.4 Å². The fourth-order valence-corrected chi connectivity index (χ4v) is 7.03. The first-order valence-electron chi connectivity index (χ1n) is 11.6. The minimum Gasteiger partial charge on any atom is -0.366 e. The molecule has 7 heteroatoms. The highest BCUT2D eigenvalue weighted by molar-refractivity contribution is 9.10. The maximum Gasteiger partial charge on any atom is 0.171 e. The van der Waals surface area contributed by atoms with Gasteiger partial charge in [-0.15, -0.1) is 0 Å². The van der Waals surface area contributed by atoms with E-state index in [1.807, 2.05) is 29.2 Å². The van der Waals surface area contributed by atoms with Crippen LogP contribution in [0.1, 0.15) is 49.3 Å². The lowest BCUT2D eigenvalue weighted by molar-refractivity contribution is 0.128. The van der Waals surface area contributed by atoms with Crippen molar-refractivity contribution in [2.45, 2.75) is 50.6 Å². The van der Waals surface area contributed by atoms with Gasteiger partial charge in [-0.3, -0.25) is 9.88 Å². The number of likely N-dealkylation sites (tertiary alicyclic amines) is 1. The van der Waals surface area contributed by atoms with Gasteiger partial charge in [0.2, 0.25) is 0 Å². The second-order valence-electron chi connectivity index (χ2n) is 10.1. The second-order valence-corrected chi connectivity index (χ2v) is 10.9. The quantitative estimate of drug-likeness (QED) is 0.585. The summed E-state index contributed by atoms with van der Waals surface area (Å²) in [6.45, 7) is 3.14. The maximum absolute atomic E-state index is 5.06. The largest absolute Gasteiger partial charge is 0.366 e. The number of fused-ring (bicyclic) bond motifs is 1. The Bertz CT molecular complexity index is 1150. The summed E-state index contributed by atoms with van der Waals surface area (Å²) in [6.07, 6.45) is 12.5. The number of pyridine rings is 1. The fourth-order valence-electron chi connectivity index (χ4n) is 6.69. The SMILES string of the molecule is Brc1cnn2c(NCc3cccnc3)cc(C3CCCN(C4C[C@@H]5CC56C[C@H]46)C3)nc12. The number of aromatic nitrogens is 4. The molecule has 0 bridgehead atoms. The van der Waals surface area contributed by atoms with E-state index >= 15 is 0 Å². The van der Waals surface area contributed by atoms with E-state index in [1.54, 1.807) is 0 Å². The van der Waals surface area contributed by atoms with Gasteiger partial charge in [0.25, 0.3) is 0 Å². The minimum atomic E-state index is 0.492. The minimum absolute atomic E-state index is 0.492. The third-order valence-electron chi connectivity index (χ3n) is 8.43. The Kier molecular flexibility index (Phi) is 4.04. The number of piperidine rings is 1. The van der Waals surface area contributed by atoms with Crippen molar-refractivity contribution in [2.24, 2.45) is 17.3 Å². The predicted octanol–water partition coefficient (Wildman–Crippen LogP) is 4.48. The summed E-state index contributed by atoms with van der Waals surface area (Å²) in [4.78, 5) is 12.1. The van der Waals surface area contributed by atoms with Crippen LogP contribution in [0.25, 0.3) is 5.65 Å². The van der Waals surface area contributed by atoms with E-state index in [0.717, 1.165) is 51.3 Å². The third kappa shape index (κ3) is 2.96. The van der Waals surface area contributed by atoms with Crippen LogP contribution in [0.2, 0.25) is 0 Å². The van der Waals surface area contributed by atoms with E-state index in [4.69, 9.17) is 4.98 Å². The summed E-state index contributed by atoms with van der Waals surface area (Å²) in [6, 6.07) is 7.13. The Morgan fingerprint density at radius 2 is 2.23 bits per heavy atom. The highest BCUT2D eigenvalue weighted by Crippen LogP contribution is 2.82. The van der Waals surface area contributed by atoms with E-state index in [0.29, 0.717) is 12.5 Å². The van der Waals surface area contributed by atoms with Crippen molar-refractivity contribution < 1.29 is 0 Å². The zero-order valence-electron chi connectivity index (χ0n) is 17.5. The van der Waals surface area contributed by atoms with Crippen LogP contribution in [0.3, 0.4) is 0 Å². The monoisotopic (exact) mass is 478 g/mol. The molecule has 4 heterocycles. The topological polar surface area (TPSA) is 58.4 Å². The molecule has 0 amide bonds. The highest BCUT2D eigenvalue weighted by Gasteiger charge is 2.77. The molecule has 6 nitrogen and oxygen atoms in total. The van der Waals surface area contributed by atoms with Gasteiger partial charge < -0.3 is 5.32 Å². The molecule has 5 atom stereocenters. The van der Waals surface area contributed by atoms with Gasteiger partial charge in [-0.1, -0.05) is 6.07 Å². The van der Waals surface area contributed by atoms with Gasteiger partial charge in [0, 0.05) is 43.5 Å². The number of hydrogen-bond donors (Lipinski definition) is 1. The lowest BCUT2D eigenvalue weighted by Crippen LogP contribution is -2.43. The average Bonchev–Trinajstić information content (AvgIpc) is 3.65. The van der Waals surface area contributed by atoms with Crippen molar-refractivity contribution in [1.29, 1.82) is 0 Å². The van der Waals surface area contributed by atoms with Gasteiger partial charge in [0.1, 0.15) is 5.82 Å². The molecule has 4 aliphatic rings. The van der Waals surface area contributed by atoms with E-state index in [-0.39, 0.29) is 0 Å². The van der Waals surface area contributed by atoms with Crippen molar-refractivity contribution in [3.8, 4) is 0 Å². The van der Waals surface area contributed by atoms with E-state index < -0.39 is 0 Å². The smallest absolute Gasteiger partial charge is 0.171 e. The molecule has 1 saturated heterocycles. The molecule has 1 aliphatic heterocycles. The summed E-state index contributed by atoms with van der Waals surface area (Å²) < 4.78 is 2.85. The zero-order valence-corrected chi connectivity index (χ0v) is 19.1. The van der Waals surface area contributed by atoms with E-state index in [2.05, 4.69) is 48.4 Å². The normalized spacial score (nSPS) is 33.8. The number of nitrogens with one attached hydrogen (secondary N) is 1. The first-order valence-corrected chi connectivity index (χ1v) is 12.4. The summed E-state index contributed by atoms with van der Waals surface area (Å²) >= 11 is 3.65. The summed E-state index contributed by atoms with van der Waals surface area (Å²) in [5.41, 5.74) is 4.07. The van der Waals surface area contributed by atoms with Gasteiger partial charge >= 0.3 is 0 Å². The van der Waals surface area contributed by atoms with Gasteiger partial charge in [-0.25, -0.2) is 4.98 Å². The molecule has 3 aromatic heterocycles. The molecule has 3 saturated carbocycles. The van der Waals surface area contributed by atoms with Crippen LogP contribution >= 0.6 is 15.9 Å². The number of rotatable bonds is 5. The first kappa shape index (κ1) is 18.6. The highest BCUT2D eigenvalue weighted by atomic mass is 79.9.